The Kier molecular flexibility index (Phi) is 4.19. The summed E-state index contributed by atoms with van der Waals surface area (Å²) in [7, 11) is 0. The van der Waals surface area contributed by atoms with Crippen LogP contribution in [0.1, 0.15) is 50.3 Å². The summed E-state index contributed by atoms with van der Waals surface area (Å²) in [6.07, 6.45) is -0.628. The fourth-order valence-electron chi connectivity index (χ4n) is 2.77. The highest BCUT2D eigenvalue weighted by atomic mass is 19.4. The Labute approximate surface area is 112 Å². The fourth-order valence-corrected chi connectivity index (χ4v) is 2.77. The van der Waals surface area contributed by atoms with E-state index in [1.165, 1.54) is 12.8 Å². The molecule has 0 saturated heterocycles. The zero-order valence-electron chi connectivity index (χ0n) is 11.3. The summed E-state index contributed by atoms with van der Waals surface area (Å²) in [5, 5.41) is 3.52. The fraction of sp³-hybridized carbons (Fsp3) is 0.600. The number of benzene rings is 1. The van der Waals surface area contributed by atoms with Crippen LogP contribution in [0.5, 0.6) is 0 Å². The van der Waals surface area contributed by atoms with Gasteiger partial charge in [-0.2, -0.15) is 13.2 Å². The second kappa shape index (κ2) is 5.53. The third-order valence-electron chi connectivity index (χ3n) is 4.06. The van der Waals surface area contributed by atoms with Crippen LogP contribution in [0, 0.1) is 5.92 Å². The first-order valence-electron chi connectivity index (χ1n) is 6.81. The molecule has 0 radical (unpaired) electrons. The van der Waals surface area contributed by atoms with E-state index >= 15 is 0 Å². The molecule has 0 aromatic heterocycles. The molecule has 2 rings (SSSR count). The van der Waals surface area contributed by atoms with Gasteiger partial charge in [-0.1, -0.05) is 25.5 Å². The largest absolute Gasteiger partial charge is 0.416 e. The Bertz CT molecular complexity index is 410. The van der Waals surface area contributed by atoms with Crippen molar-refractivity contribution in [3.05, 3.63) is 35.4 Å². The smallest absolute Gasteiger partial charge is 0.307 e. The lowest BCUT2D eigenvalue weighted by molar-refractivity contribution is -0.137. The lowest BCUT2D eigenvalue weighted by Crippen LogP contribution is -2.33. The van der Waals surface area contributed by atoms with Crippen LogP contribution in [0.25, 0.3) is 0 Å². The number of rotatable bonds is 3. The summed E-state index contributed by atoms with van der Waals surface area (Å²) in [6.45, 7) is 4.23. The van der Waals surface area contributed by atoms with Crippen molar-refractivity contribution >= 4 is 0 Å². The van der Waals surface area contributed by atoms with Gasteiger partial charge in [0.2, 0.25) is 0 Å². The predicted molar refractivity (Wildman–Crippen MR) is 69.8 cm³/mol. The molecule has 0 spiro atoms. The van der Waals surface area contributed by atoms with Crippen molar-refractivity contribution in [3.63, 3.8) is 0 Å². The molecule has 0 bridgehead atoms. The molecule has 1 fully saturated rings. The molecule has 1 aliphatic carbocycles. The van der Waals surface area contributed by atoms with E-state index in [9.17, 15) is 13.2 Å². The summed E-state index contributed by atoms with van der Waals surface area (Å²) in [5.74, 6) is 0.650. The van der Waals surface area contributed by atoms with Gasteiger partial charge in [-0.15, -0.1) is 0 Å². The Hall–Kier alpha value is -1.03. The maximum Gasteiger partial charge on any atom is 0.416 e. The van der Waals surface area contributed by atoms with Crippen LogP contribution in [0.3, 0.4) is 0 Å². The summed E-state index contributed by atoms with van der Waals surface area (Å²) in [5.41, 5.74) is 0.324. The average molecular weight is 271 g/mol. The number of hydrogen-bond acceptors (Lipinski definition) is 1. The Balaban J connectivity index is 2.01. The molecule has 0 aliphatic heterocycles. The topological polar surface area (TPSA) is 12.0 Å². The van der Waals surface area contributed by atoms with Crippen molar-refractivity contribution in [2.24, 2.45) is 5.92 Å². The number of alkyl halides is 3. The Morgan fingerprint density at radius 1 is 1.16 bits per heavy atom. The van der Waals surface area contributed by atoms with Crippen LogP contribution >= 0.6 is 0 Å². The van der Waals surface area contributed by atoms with Crippen LogP contribution < -0.4 is 5.32 Å². The van der Waals surface area contributed by atoms with Crippen molar-refractivity contribution < 1.29 is 13.2 Å². The van der Waals surface area contributed by atoms with Crippen molar-refractivity contribution in [3.8, 4) is 0 Å². The predicted octanol–water partition coefficient (Wildman–Crippen LogP) is 4.54. The molecule has 3 unspecified atom stereocenters. The second-order valence-corrected chi connectivity index (χ2v) is 5.52. The monoisotopic (exact) mass is 271 g/mol. The molecule has 1 saturated carbocycles. The molecule has 1 aromatic rings. The van der Waals surface area contributed by atoms with E-state index in [0.717, 1.165) is 24.1 Å². The van der Waals surface area contributed by atoms with Crippen molar-refractivity contribution in [1.82, 2.24) is 5.32 Å². The van der Waals surface area contributed by atoms with E-state index in [1.54, 1.807) is 12.1 Å². The van der Waals surface area contributed by atoms with Crippen LogP contribution in [-0.2, 0) is 6.18 Å². The van der Waals surface area contributed by atoms with Crippen LogP contribution in [0.15, 0.2) is 24.3 Å². The van der Waals surface area contributed by atoms with Crippen LogP contribution in [0.4, 0.5) is 13.2 Å². The van der Waals surface area contributed by atoms with Gasteiger partial charge in [0.1, 0.15) is 0 Å². The number of nitrogens with one attached hydrogen (secondary N) is 1. The SMILES string of the molecule is CC(NC1CCCC1C)c1ccc(C(F)(F)F)cc1. The minimum absolute atomic E-state index is 0.0906. The first-order valence-corrected chi connectivity index (χ1v) is 6.81. The zero-order chi connectivity index (χ0) is 14.0. The zero-order valence-corrected chi connectivity index (χ0v) is 11.3. The third kappa shape index (κ3) is 3.50. The molecule has 1 N–H and O–H groups in total. The highest BCUT2D eigenvalue weighted by Crippen LogP contribution is 2.31. The third-order valence-corrected chi connectivity index (χ3v) is 4.06. The van der Waals surface area contributed by atoms with Crippen molar-refractivity contribution in [2.75, 3.05) is 0 Å². The number of halogens is 3. The summed E-state index contributed by atoms with van der Waals surface area (Å²) in [4.78, 5) is 0. The van der Waals surface area contributed by atoms with Gasteiger partial charge in [0.15, 0.2) is 0 Å². The molecule has 1 aromatic carbocycles. The van der Waals surface area contributed by atoms with Gasteiger partial charge < -0.3 is 5.32 Å². The molecule has 4 heteroatoms. The average Bonchev–Trinajstić information content (AvgIpc) is 2.74. The lowest BCUT2D eigenvalue weighted by atomic mass is 10.0. The minimum Gasteiger partial charge on any atom is -0.307 e. The maximum atomic E-state index is 12.5. The molecule has 3 atom stereocenters. The molecule has 0 amide bonds. The second-order valence-electron chi connectivity index (χ2n) is 5.52. The van der Waals surface area contributed by atoms with Gasteiger partial charge >= 0.3 is 6.18 Å². The molecule has 1 aliphatic rings. The van der Waals surface area contributed by atoms with Gasteiger partial charge in [-0.25, -0.2) is 0 Å². The summed E-state index contributed by atoms with van der Waals surface area (Å²) in [6, 6.07) is 6.03. The molecule has 0 heterocycles. The Morgan fingerprint density at radius 3 is 2.26 bits per heavy atom. The summed E-state index contributed by atoms with van der Waals surface area (Å²) < 4.78 is 37.5. The first-order chi connectivity index (χ1) is 8.88. The normalized spacial score (nSPS) is 25.5. The van der Waals surface area contributed by atoms with Crippen molar-refractivity contribution in [2.45, 2.75) is 51.4 Å². The quantitative estimate of drug-likeness (QED) is 0.850. The molecular weight excluding hydrogens is 251 g/mol. The minimum atomic E-state index is -4.25. The maximum absolute atomic E-state index is 12.5. The van der Waals surface area contributed by atoms with E-state index < -0.39 is 11.7 Å². The van der Waals surface area contributed by atoms with Gasteiger partial charge in [0, 0.05) is 12.1 Å². The van der Waals surface area contributed by atoms with Crippen molar-refractivity contribution in [1.29, 1.82) is 0 Å². The van der Waals surface area contributed by atoms with E-state index in [1.807, 2.05) is 6.92 Å². The van der Waals surface area contributed by atoms with E-state index in [-0.39, 0.29) is 6.04 Å². The molecular formula is C15H20F3N. The van der Waals surface area contributed by atoms with Gasteiger partial charge in [-0.3, -0.25) is 0 Å². The first kappa shape index (κ1) is 14.4. The standard InChI is InChI=1S/C15H20F3N/c1-10-4-3-5-14(10)19-11(2)12-6-8-13(9-7-12)15(16,17)18/h6-11,14,19H,3-5H2,1-2H3. The van der Waals surface area contributed by atoms with Gasteiger partial charge in [-0.05, 0) is 43.4 Å². The number of hydrogen-bond donors (Lipinski definition) is 1. The highest BCUT2D eigenvalue weighted by molar-refractivity contribution is 5.26. The highest BCUT2D eigenvalue weighted by Gasteiger charge is 2.30. The lowest BCUT2D eigenvalue weighted by Gasteiger charge is -2.23. The molecule has 19 heavy (non-hydrogen) atoms. The van der Waals surface area contributed by atoms with Crippen LogP contribution in [-0.4, -0.2) is 6.04 Å². The van der Waals surface area contributed by atoms with E-state index in [2.05, 4.69) is 12.2 Å². The van der Waals surface area contributed by atoms with E-state index in [4.69, 9.17) is 0 Å². The Morgan fingerprint density at radius 2 is 1.79 bits per heavy atom. The molecule has 106 valence electrons. The van der Waals surface area contributed by atoms with Gasteiger partial charge in [0.05, 0.1) is 5.56 Å². The summed E-state index contributed by atoms with van der Waals surface area (Å²) >= 11 is 0. The van der Waals surface area contributed by atoms with Gasteiger partial charge in [0.25, 0.3) is 0 Å². The molecule has 1 nitrogen and oxygen atoms in total. The van der Waals surface area contributed by atoms with Crippen LogP contribution in [0.2, 0.25) is 0 Å². The van der Waals surface area contributed by atoms with E-state index in [0.29, 0.717) is 12.0 Å².